The Balaban J connectivity index is 2.14. The Bertz CT molecular complexity index is 253. The molecule has 0 saturated carbocycles. The number of nitrogens with zero attached hydrogens (tertiary/aromatic N) is 1. The minimum Gasteiger partial charge on any atom is -0.453 e. The molecule has 2 heterocycles. The van der Waals surface area contributed by atoms with Crippen LogP contribution in [0.2, 0.25) is 0 Å². The SMILES string of the molecule is COC(=O)N1CC(=O)[C@H]2COC[C@H]21. The molecule has 5 heteroatoms. The normalized spacial score (nSPS) is 32.1. The molecule has 1 amide bonds. The molecule has 0 spiro atoms. The molecule has 0 aliphatic carbocycles. The lowest BCUT2D eigenvalue weighted by Gasteiger charge is -2.19. The Morgan fingerprint density at radius 2 is 2.38 bits per heavy atom. The zero-order valence-electron chi connectivity index (χ0n) is 7.36. The molecular weight excluding hydrogens is 174 g/mol. The molecule has 0 bridgehead atoms. The summed E-state index contributed by atoms with van der Waals surface area (Å²) in [5.74, 6) is -0.0491. The highest BCUT2D eigenvalue weighted by atomic mass is 16.5. The Kier molecular flexibility index (Phi) is 1.95. The molecule has 0 radical (unpaired) electrons. The first kappa shape index (κ1) is 8.50. The average Bonchev–Trinajstić information content (AvgIpc) is 2.68. The maximum atomic E-state index is 11.4. The van der Waals surface area contributed by atoms with E-state index < -0.39 is 6.09 Å². The highest BCUT2D eigenvalue weighted by Crippen LogP contribution is 2.27. The van der Waals surface area contributed by atoms with Gasteiger partial charge in [0.25, 0.3) is 0 Å². The monoisotopic (exact) mass is 185 g/mol. The summed E-state index contributed by atoms with van der Waals surface area (Å²) in [6.07, 6.45) is -0.439. The molecular formula is C8H11NO4. The van der Waals surface area contributed by atoms with E-state index in [1.165, 1.54) is 12.0 Å². The predicted molar refractivity (Wildman–Crippen MR) is 42.2 cm³/mol. The average molecular weight is 185 g/mol. The van der Waals surface area contributed by atoms with Gasteiger partial charge >= 0.3 is 6.09 Å². The first-order valence-electron chi connectivity index (χ1n) is 4.19. The number of ketones is 1. The summed E-state index contributed by atoms with van der Waals surface area (Å²) in [6, 6.07) is -0.0973. The lowest BCUT2D eigenvalue weighted by molar-refractivity contribution is -0.120. The maximum Gasteiger partial charge on any atom is 0.410 e. The molecule has 0 unspecified atom stereocenters. The van der Waals surface area contributed by atoms with Crippen molar-refractivity contribution in [3.63, 3.8) is 0 Å². The summed E-state index contributed by atoms with van der Waals surface area (Å²) in [5, 5.41) is 0. The van der Waals surface area contributed by atoms with E-state index in [1.54, 1.807) is 0 Å². The van der Waals surface area contributed by atoms with Crippen LogP contribution in [0.1, 0.15) is 0 Å². The van der Waals surface area contributed by atoms with Crippen molar-refractivity contribution in [3.05, 3.63) is 0 Å². The van der Waals surface area contributed by atoms with Gasteiger partial charge in [0.05, 0.1) is 38.8 Å². The minimum atomic E-state index is -0.439. The highest BCUT2D eigenvalue weighted by Gasteiger charge is 2.47. The molecule has 72 valence electrons. The Labute approximate surface area is 75.6 Å². The molecule has 2 aliphatic rings. The number of carbonyl (C=O) groups is 2. The van der Waals surface area contributed by atoms with Gasteiger partial charge in [-0.3, -0.25) is 9.69 Å². The number of ether oxygens (including phenoxy) is 2. The first-order chi connectivity index (χ1) is 6.24. The van der Waals surface area contributed by atoms with Gasteiger partial charge in [-0.15, -0.1) is 0 Å². The third kappa shape index (κ3) is 1.19. The molecule has 0 aromatic carbocycles. The second-order valence-electron chi connectivity index (χ2n) is 3.28. The van der Waals surface area contributed by atoms with E-state index in [-0.39, 0.29) is 24.3 Å². The van der Waals surface area contributed by atoms with Crippen LogP contribution in [-0.2, 0) is 14.3 Å². The fourth-order valence-corrected chi connectivity index (χ4v) is 1.88. The molecule has 0 N–H and O–H groups in total. The minimum absolute atomic E-state index is 0.0768. The van der Waals surface area contributed by atoms with E-state index in [0.717, 1.165) is 0 Å². The van der Waals surface area contributed by atoms with Crippen molar-refractivity contribution in [2.24, 2.45) is 5.92 Å². The van der Waals surface area contributed by atoms with Gasteiger partial charge in [-0.05, 0) is 0 Å². The number of amides is 1. The topological polar surface area (TPSA) is 55.8 Å². The van der Waals surface area contributed by atoms with Gasteiger partial charge in [-0.1, -0.05) is 0 Å². The van der Waals surface area contributed by atoms with Gasteiger partial charge in [0.15, 0.2) is 5.78 Å². The van der Waals surface area contributed by atoms with Crippen molar-refractivity contribution >= 4 is 11.9 Å². The van der Waals surface area contributed by atoms with E-state index in [9.17, 15) is 9.59 Å². The van der Waals surface area contributed by atoms with Crippen LogP contribution in [0.4, 0.5) is 4.79 Å². The van der Waals surface area contributed by atoms with E-state index in [0.29, 0.717) is 13.2 Å². The molecule has 2 fully saturated rings. The lowest BCUT2D eigenvalue weighted by atomic mass is 10.0. The van der Waals surface area contributed by atoms with Crippen molar-refractivity contribution in [2.75, 3.05) is 26.9 Å². The number of hydrogen-bond acceptors (Lipinski definition) is 4. The van der Waals surface area contributed by atoms with Gasteiger partial charge in [0.2, 0.25) is 0 Å². The molecule has 0 aromatic rings. The van der Waals surface area contributed by atoms with Gasteiger partial charge in [0.1, 0.15) is 0 Å². The second-order valence-corrected chi connectivity index (χ2v) is 3.28. The Morgan fingerprint density at radius 3 is 3.08 bits per heavy atom. The van der Waals surface area contributed by atoms with Crippen LogP contribution in [0.3, 0.4) is 0 Å². The number of rotatable bonds is 0. The highest BCUT2D eigenvalue weighted by molar-refractivity contribution is 5.90. The number of likely N-dealkylation sites (tertiary alicyclic amines) is 1. The maximum absolute atomic E-state index is 11.4. The number of fused-ring (bicyclic) bond motifs is 1. The standard InChI is InChI=1S/C8H11NO4/c1-12-8(11)9-2-7(10)5-3-13-4-6(5)9/h5-6H,2-4H2,1H3/t5-,6+/m0/s1. The fourth-order valence-electron chi connectivity index (χ4n) is 1.88. The third-order valence-corrected chi connectivity index (χ3v) is 2.60. The molecule has 13 heavy (non-hydrogen) atoms. The van der Waals surface area contributed by atoms with Crippen LogP contribution in [0, 0.1) is 5.92 Å². The number of Topliss-reactive ketones (excluding diaryl/α,β-unsaturated/α-hetero) is 1. The summed E-state index contributed by atoms with van der Waals surface area (Å²) in [6.45, 7) is 1.06. The Hall–Kier alpha value is -1.10. The summed E-state index contributed by atoms with van der Waals surface area (Å²) >= 11 is 0. The lowest BCUT2D eigenvalue weighted by Crippen LogP contribution is -2.37. The molecule has 2 saturated heterocycles. The summed E-state index contributed by atoms with van der Waals surface area (Å²) in [5.41, 5.74) is 0. The summed E-state index contributed by atoms with van der Waals surface area (Å²) in [4.78, 5) is 24.0. The van der Waals surface area contributed by atoms with E-state index >= 15 is 0 Å². The third-order valence-electron chi connectivity index (χ3n) is 2.60. The zero-order chi connectivity index (χ0) is 9.42. The molecule has 2 aliphatic heterocycles. The quantitative estimate of drug-likeness (QED) is 0.517. The van der Waals surface area contributed by atoms with Crippen LogP contribution >= 0.6 is 0 Å². The van der Waals surface area contributed by atoms with Crippen molar-refractivity contribution in [1.29, 1.82) is 0 Å². The largest absolute Gasteiger partial charge is 0.453 e. The van der Waals surface area contributed by atoms with Crippen LogP contribution in [0.25, 0.3) is 0 Å². The van der Waals surface area contributed by atoms with Crippen LogP contribution < -0.4 is 0 Å². The number of carbonyl (C=O) groups excluding carboxylic acids is 2. The fraction of sp³-hybridized carbons (Fsp3) is 0.750. The van der Waals surface area contributed by atoms with Crippen LogP contribution in [-0.4, -0.2) is 49.7 Å². The van der Waals surface area contributed by atoms with E-state index in [4.69, 9.17) is 4.74 Å². The van der Waals surface area contributed by atoms with E-state index in [2.05, 4.69) is 4.74 Å². The smallest absolute Gasteiger partial charge is 0.410 e. The van der Waals surface area contributed by atoms with E-state index in [1.807, 2.05) is 0 Å². The van der Waals surface area contributed by atoms with Crippen molar-refractivity contribution < 1.29 is 19.1 Å². The Morgan fingerprint density at radius 1 is 1.62 bits per heavy atom. The van der Waals surface area contributed by atoms with Gasteiger partial charge in [0, 0.05) is 0 Å². The number of hydrogen-bond donors (Lipinski definition) is 0. The molecule has 0 aromatic heterocycles. The first-order valence-corrected chi connectivity index (χ1v) is 4.19. The zero-order valence-corrected chi connectivity index (χ0v) is 7.36. The van der Waals surface area contributed by atoms with Gasteiger partial charge < -0.3 is 9.47 Å². The molecule has 2 rings (SSSR count). The van der Waals surface area contributed by atoms with Gasteiger partial charge in [-0.2, -0.15) is 0 Å². The predicted octanol–water partition coefficient (Wildman–Crippen LogP) is -0.348. The van der Waals surface area contributed by atoms with Crippen LogP contribution in [0.5, 0.6) is 0 Å². The van der Waals surface area contributed by atoms with Gasteiger partial charge in [-0.25, -0.2) is 4.79 Å². The van der Waals surface area contributed by atoms with Crippen molar-refractivity contribution in [3.8, 4) is 0 Å². The summed E-state index contributed by atoms with van der Waals surface area (Å²) in [7, 11) is 1.32. The van der Waals surface area contributed by atoms with Crippen molar-refractivity contribution in [1.82, 2.24) is 4.90 Å². The van der Waals surface area contributed by atoms with Crippen molar-refractivity contribution in [2.45, 2.75) is 6.04 Å². The number of methoxy groups -OCH3 is 1. The summed E-state index contributed by atoms with van der Waals surface area (Å²) < 4.78 is 9.71. The molecule has 5 nitrogen and oxygen atoms in total. The second kappa shape index (κ2) is 2.99. The molecule has 2 atom stereocenters. The van der Waals surface area contributed by atoms with Crippen LogP contribution in [0.15, 0.2) is 0 Å².